The van der Waals surface area contributed by atoms with Crippen molar-refractivity contribution in [1.82, 2.24) is 4.57 Å². The van der Waals surface area contributed by atoms with Gasteiger partial charge >= 0.3 is 5.97 Å². The number of methoxy groups -OCH3 is 1. The van der Waals surface area contributed by atoms with Gasteiger partial charge in [-0.2, -0.15) is 0 Å². The summed E-state index contributed by atoms with van der Waals surface area (Å²) in [4.78, 5) is 43.4. The second-order valence-corrected chi connectivity index (χ2v) is 12.4. The number of hydrogen-bond donors (Lipinski definition) is 0. The normalized spacial score (nSPS) is 14.2. The smallest absolute Gasteiger partial charge is 0.338 e. The van der Waals surface area contributed by atoms with Crippen molar-refractivity contribution in [2.75, 3.05) is 13.7 Å². The van der Waals surface area contributed by atoms with Crippen LogP contribution < -0.4 is 29.1 Å². The number of hydrogen-bond acceptors (Lipinski definition) is 10. The van der Waals surface area contributed by atoms with Crippen molar-refractivity contribution < 1.29 is 28.7 Å². The van der Waals surface area contributed by atoms with Gasteiger partial charge in [0.05, 0.1) is 40.5 Å². The van der Waals surface area contributed by atoms with E-state index in [2.05, 4.69) is 11.6 Å². The van der Waals surface area contributed by atoms with E-state index in [4.69, 9.17) is 18.9 Å². The van der Waals surface area contributed by atoms with Gasteiger partial charge in [-0.15, -0.1) is 6.58 Å². The number of nitrogens with zero attached hydrogens (tertiary/aromatic N) is 3. The van der Waals surface area contributed by atoms with Gasteiger partial charge in [0, 0.05) is 23.3 Å². The topological polar surface area (TPSA) is 131 Å². The lowest BCUT2D eigenvalue weighted by Gasteiger charge is -2.26. The third kappa shape index (κ3) is 7.49. The van der Waals surface area contributed by atoms with Crippen LogP contribution in [0.15, 0.2) is 94.4 Å². The maximum Gasteiger partial charge on any atom is 0.338 e. The van der Waals surface area contributed by atoms with Gasteiger partial charge in [-0.05, 0) is 81.7 Å². The maximum atomic E-state index is 14.3. The summed E-state index contributed by atoms with van der Waals surface area (Å²) in [6.45, 7) is 11.5. The van der Waals surface area contributed by atoms with Crippen molar-refractivity contribution in [1.29, 1.82) is 0 Å². The molecule has 12 heteroatoms. The Balaban J connectivity index is 1.61. The molecule has 1 aliphatic rings. The molecule has 0 saturated carbocycles. The number of allylic oxidation sites excluding steroid dienone is 2. The fraction of sp³-hybridized carbons (Fsp3) is 0.270. The average Bonchev–Trinajstić information content (AvgIpc) is 3.37. The summed E-state index contributed by atoms with van der Waals surface area (Å²) in [5.41, 5.74) is 3.24. The molecular formula is C37H37N3O8S. The van der Waals surface area contributed by atoms with Crippen molar-refractivity contribution in [3.8, 4) is 17.2 Å². The molecule has 0 aliphatic carbocycles. The van der Waals surface area contributed by atoms with Gasteiger partial charge in [0.15, 0.2) is 16.3 Å². The van der Waals surface area contributed by atoms with Crippen LogP contribution in [-0.4, -0.2) is 35.3 Å². The summed E-state index contributed by atoms with van der Waals surface area (Å²) in [6.07, 6.45) is 3.80. The first-order valence-electron chi connectivity index (χ1n) is 15.7. The number of carbonyl (C=O) groups is 1. The van der Waals surface area contributed by atoms with E-state index in [9.17, 15) is 19.7 Å². The van der Waals surface area contributed by atoms with Crippen molar-refractivity contribution in [2.45, 2.75) is 52.9 Å². The highest BCUT2D eigenvalue weighted by Gasteiger charge is 2.35. The zero-order chi connectivity index (χ0) is 35.2. The minimum atomic E-state index is -0.826. The predicted octanol–water partition coefficient (Wildman–Crippen LogP) is 5.81. The molecule has 1 aromatic heterocycles. The molecule has 0 spiro atoms. The molecule has 0 bridgehead atoms. The number of non-ortho nitro benzene ring substituents is 1. The Kier molecular flexibility index (Phi) is 10.8. The number of nitro benzene ring substituents is 1. The van der Waals surface area contributed by atoms with Crippen LogP contribution in [0.3, 0.4) is 0 Å². The molecule has 2 heterocycles. The van der Waals surface area contributed by atoms with Gasteiger partial charge in [0.2, 0.25) is 0 Å². The summed E-state index contributed by atoms with van der Waals surface area (Å²) < 4.78 is 25.4. The van der Waals surface area contributed by atoms with E-state index in [0.717, 1.165) is 11.1 Å². The van der Waals surface area contributed by atoms with Crippen molar-refractivity contribution >= 4 is 29.1 Å². The Morgan fingerprint density at radius 1 is 1.14 bits per heavy atom. The van der Waals surface area contributed by atoms with Crippen LogP contribution in [0.25, 0.3) is 6.08 Å². The van der Waals surface area contributed by atoms with Crippen LogP contribution in [0.2, 0.25) is 0 Å². The summed E-state index contributed by atoms with van der Waals surface area (Å²) >= 11 is 1.21. The lowest BCUT2D eigenvalue weighted by molar-refractivity contribution is -0.384. The number of aromatic nitrogens is 1. The number of esters is 1. The van der Waals surface area contributed by atoms with Crippen LogP contribution in [0.5, 0.6) is 17.2 Å². The average molecular weight is 684 g/mol. The number of para-hydroxylation sites is 1. The molecule has 5 rings (SSSR count). The molecule has 1 atom stereocenters. The molecule has 4 aromatic rings. The summed E-state index contributed by atoms with van der Waals surface area (Å²) in [5.74, 6) is 0.941. The molecular weight excluding hydrogens is 646 g/mol. The monoisotopic (exact) mass is 683 g/mol. The lowest BCUT2D eigenvalue weighted by atomic mass is 9.95. The number of ether oxygens (including phenoxy) is 4. The van der Waals surface area contributed by atoms with Crippen LogP contribution in [0, 0.1) is 10.1 Å². The zero-order valence-corrected chi connectivity index (χ0v) is 28.7. The Labute approximate surface area is 287 Å². The van der Waals surface area contributed by atoms with Gasteiger partial charge in [0.1, 0.15) is 18.4 Å². The third-order valence-electron chi connectivity index (χ3n) is 7.66. The summed E-state index contributed by atoms with van der Waals surface area (Å²) in [6, 6.07) is 16.3. The molecule has 0 fully saturated rings. The first-order valence-corrected chi connectivity index (χ1v) is 16.5. The van der Waals surface area contributed by atoms with E-state index >= 15 is 0 Å². The minimum absolute atomic E-state index is 0.00462. The molecule has 3 aromatic carbocycles. The summed E-state index contributed by atoms with van der Waals surface area (Å²) in [7, 11) is 1.53. The van der Waals surface area contributed by atoms with Crippen molar-refractivity contribution in [2.24, 2.45) is 4.99 Å². The number of fused-ring (bicyclic) bond motifs is 1. The third-order valence-corrected chi connectivity index (χ3v) is 8.64. The lowest BCUT2D eigenvalue weighted by Crippen LogP contribution is -2.40. The van der Waals surface area contributed by atoms with Crippen LogP contribution in [0.1, 0.15) is 56.0 Å². The van der Waals surface area contributed by atoms with E-state index in [1.807, 2.05) is 44.2 Å². The SMILES string of the molecule is C=CCc1cc(/C=c2/sc3n(c2=O)[C@@H](c2ccccc2OC(C)C)C(C(=O)OCC)=C(C)N=3)cc(OC)c1OCc1ccc([N+](=O)[O-])cc1. The van der Waals surface area contributed by atoms with Crippen LogP contribution in [0.4, 0.5) is 5.69 Å². The molecule has 254 valence electrons. The largest absolute Gasteiger partial charge is 0.493 e. The number of benzene rings is 3. The molecule has 11 nitrogen and oxygen atoms in total. The van der Waals surface area contributed by atoms with Gasteiger partial charge in [-0.3, -0.25) is 19.5 Å². The quantitative estimate of drug-likeness (QED) is 0.0747. The first kappa shape index (κ1) is 34.8. The second kappa shape index (κ2) is 15.2. The summed E-state index contributed by atoms with van der Waals surface area (Å²) in [5, 5.41) is 11.0. The van der Waals surface area contributed by atoms with Gasteiger partial charge in [-0.1, -0.05) is 35.6 Å². The highest BCUT2D eigenvalue weighted by atomic mass is 32.1. The van der Waals surface area contributed by atoms with Crippen LogP contribution in [-0.2, 0) is 22.6 Å². The standard InChI is InChI=1S/C37H37N3O8S/c1-7-11-26-18-25(19-30(45-6)34(26)47-21-24-14-16-27(17-15-24)40(43)44)20-31-35(41)39-33(28-12-9-10-13-29(28)48-22(3)4)32(36(42)46-8-2)23(5)38-37(39)49-31/h7,9-10,12-20,22,33H,1,8,11,21H2,2-6H3/b31-20+/t33-/m0/s1. The zero-order valence-electron chi connectivity index (χ0n) is 27.9. The molecule has 49 heavy (non-hydrogen) atoms. The van der Waals surface area contributed by atoms with Gasteiger partial charge < -0.3 is 18.9 Å². The Hall–Kier alpha value is -5.49. The first-order chi connectivity index (χ1) is 23.6. The molecule has 1 aliphatic heterocycles. The van der Waals surface area contributed by atoms with Crippen molar-refractivity contribution in [3.63, 3.8) is 0 Å². The Morgan fingerprint density at radius 2 is 1.88 bits per heavy atom. The van der Waals surface area contributed by atoms with Gasteiger partial charge in [-0.25, -0.2) is 9.79 Å². The second-order valence-electron chi connectivity index (χ2n) is 11.4. The highest BCUT2D eigenvalue weighted by Crippen LogP contribution is 2.37. The van der Waals surface area contributed by atoms with E-state index < -0.39 is 16.9 Å². The highest BCUT2D eigenvalue weighted by molar-refractivity contribution is 7.07. The Bertz CT molecular complexity index is 2110. The predicted molar refractivity (Wildman–Crippen MR) is 187 cm³/mol. The number of thiazole rings is 1. The molecule has 0 unspecified atom stereocenters. The maximum absolute atomic E-state index is 14.3. The molecule has 0 radical (unpaired) electrons. The Morgan fingerprint density at radius 3 is 2.53 bits per heavy atom. The van der Waals surface area contributed by atoms with E-state index in [-0.39, 0.29) is 36.1 Å². The van der Waals surface area contributed by atoms with E-state index in [1.165, 1.54) is 35.1 Å². The van der Waals surface area contributed by atoms with Crippen molar-refractivity contribution in [3.05, 3.63) is 137 Å². The van der Waals surface area contributed by atoms with Gasteiger partial charge in [0.25, 0.3) is 11.2 Å². The number of nitro groups is 1. The fourth-order valence-corrected chi connectivity index (χ4v) is 6.61. The minimum Gasteiger partial charge on any atom is -0.493 e. The molecule has 0 N–H and O–H groups in total. The number of rotatable bonds is 13. The van der Waals surface area contributed by atoms with E-state index in [1.54, 1.807) is 44.2 Å². The molecule has 0 amide bonds. The fourth-order valence-electron chi connectivity index (χ4n) is 5.56. The molecule has 0 saturated heterocycles. The van der Waals surface area contributed by atoms with Crippen LogP contribution >= 0.6 is 11.3 Å². The number of carbonyl (C=O) groups excluding carboxylic acids is 1. The van der Waals surface area contributed by atoms with E-state index in [0.29, 0.717) is 49.8 Å².